The molecule has 4 heteroatoms. The molecular weight excluding hydrogens is 274 g/mol. The van der Waals surface area contributed by atoms with Gasteiger partial charge in [-0.2, -0.15) is 0 Å². The van der Waals surface area contributed by atoms with Crippen molar-refractivity contribution < 1.29 is 4.79 Å². The molecule has 3 aliphatic rings. The molecule has 3 aliphatic heterocycles. The van der Waals surface area contributed by atoms with Gasteiger partial charge in [-0.15, -0.1) is 0 Å². The summed E-state index contributed by atoms with van der Waals surface area (Å²) in [5.41, 5.74) is 3.49. The van der Waals surface area contributed by atoms with Crippen LogP contribution < -0.4 is 5.32 Å². The number of fused-ring (bicyclic) bond motifs is 1. The van der Waals surface area contributed by atoms with E-state index in [0.29, 0.717) is 6.04 Å². The van der Waals surface area contributed by atoms with Crippen LogP contribution in [0.4, 0.5) is 0 Å². The summed E-state index contributed by atoms with van der Waals surface area (Å²) in [4.78, 5) is 17.5. The summed E-state index contributed by atoms with van der Waals surface area (Å²) < 4.78 is 0. The summed E-state index contributed by atoms with van der Waals surface area (Å²) in [5.74, 6) is 0.221. The van der Waals surface area contributed by atoms with Gasteiger partial charge in [-0.05, 0) is 62.0 Å². The molecule has 4 rings (SSSR count). The fraction of sp³-hybridized carbons (Fsp3) is 0.611. The molecule has 0 spiro atoms. The van der Waals surface area contributed by atoms with Gasteiger partial charge < -0.3 is 10.2 Å². The van der Waals surface area contributed by atoms with Crippen LogP contribution in [0.5, 0.6) is 0 Å². The third-order valence-electron chi connectivity index (χ3n) is 5.42. The highest BCUT2D eigenvalue weighted by Crippen LogP contribution is 2.23. The minimum atomic E-state index is 0.221. The van der Waals surface area contributed by atoms with E-state index in [4.69, 9.17) is 0 Å². The summed E-state index contributed by atoms with van der Waals surface area (Å²) in [6, 6.07) is 6.80. The van der Waals surface area contributed by atoms with Crippen LogP contribution in [0.15, 0.2) is 18.2 Å². The van der Waals surface area contributed by atoms with E-state index in [1.807, 2.05) is 6.07 Å². The number of carbonyl (C=O) groups is 1. The van der Waals surface area contributed by atoms with Crippen molar-refractivity contribution in [3.8, 4) is 0 Å². The van der Waals surface area contributed by atoms with Gasteiger partial charge in [0, 0.05) is 37.8 Å². The Morgan fingerprint density at radius 3 is 2.73 bits per heavy atom. The van der Waals surface area contributed by atoms with Crippen LogP contribution in [0, 0.1) is 0 Å². The van der Waals surface area contributed by atoms with E-state index in [-0.39, 0.29) is 5.91 Å². The van der Waals surface area contributed by atoms with Crippen molar-refractivity contribution in [2.75, 3.05) is 26.2 Å². The molecule has 1 aromatic carbocycles. The Hall–Kier alpha value is -1.39. The Labute approximate surface area is 132 Å². The molecule has 0 aromatic heterocycles. The van der Waals surface area contributed by atoms with Gasteiger partial charge in [0.2, 0.25) is 0 Å². The topological polar surface area (TPSA) is 35.6 Å². The van der Waals surface area contributed by atoms with Crippen molar-refractivity contribution in [3.63, 3.8) is 0 Å². The zero-order valence-corrected chi connectivity index (χ0v) is 13.2. The third-order valence-corrected chi connectivity index (χ3v) is 5.42. The number of amides is 1. The first-order valence-corrected chi connectivity index (χ1v) is 8.67. The average molecular weight is 299 g/mol. The molecule has 0 aliphatic carbocycles. The quantitative estimate of drug-likeness (QED) is 0.907. The van der Waals surface area contributed by atoms with Gasteiger partial charge in [-0.25, -0.2) is 0 Å². The summed E-state index contributed by atoms with van der Waals surface area (Å²) in [6.07, 6.45) is 5.03. The van der Waals surface area contributed by atoms with Crippen LogP contribution in [-0.4, -0.2) is 47.9 Å². The number of nitrogens with one attached hydrogen (secondary N) is 1. The molecule has 1 amide bonds. The van der Waals surface area contributed by atoms with Crippen LogP contribution in [0.3, 0.4) is 0 Å². The maximum atomic E-state index is 12.8. The van der Waals surface area contributed by atoms with Crippen molar-refractivity contribution in [1.29, 1.82) is 0 Å². The van der Waals surface area contributed by atoms with E-state index in [1.54, 1.807) is 0 Å². The van der Waals surface area contributed by atoms with Gasteiger partial charge in [0.05, 0.1) is 0 Å². The molecule has 22 heavy (non-hydrogen) atoms. The predicted molar refractivity (Wildman–Crippen MR) is 86.7 cm³/mol. The molecule has 1 unspecified atom stereocenters. The van der Waals surface area contributed by atoms with Gasteiger partial charge in [-0.1, -0.05) is 6.07 Å². The number of carbonyl (C=O) groups excluding carboxylic acids is 1. The van der Waals surface area contributed by atoms with Crippen LogP contribution in [0.25, 0.3) is 0 Å². The first kappa shape index (κ1) is 14.2. The predicted octanol–water partition coefficient (Wildman–Crippen LogP) is 1.99. The molecule has 4 nitrogen and oxygen atoms in total. The maximum Gasteiger partial charge on any atom is 0.253 e. The number of benzene rings is 1. The lowest BCUT2D eigenvalue weighted by molar-refractivity contribution is 0.0608. The average Bonchev–Trinajstić information content (AvgIpc) is 3.25. The van der Waals surface area contributed by atoms with Crippen molar-refractivity contribution in [2.24, 2.45) is 0 Å². The maximum absolute atomic E-state index is 12.8. The van der Waals surface area contributed by atoms with Crippen molar-refractivity contribution >= 4 is 5.91 Å². The molecule has 1 N–H and O–H groups in total. The lowest BCUT2D eigenvalue weighted by atomic mass is 10.0. The molecule has 2 fully saturated rings. The van der Waals surface area contributed by atoms with Crippen LogP contribution in [-0.2, 0) is 13.1 Å². The van der Waals surface area contributed by atoms with Gasteiger partial charge in [0.15, 0.2) is 0 Å². The summed E-state index contributed by atoms with van der Waals surface area (Å²) >= 11 is 0. The molecule has 0 saturated carbocycles. The van der Waals surface area contributed by atoms with E-state index < -0.39 is 0 Å². The van der Waals surface area contributed by atoms with Crippen LogP contribution >= 0.6 is 0 Å². The highest BCUT2D eigenvalue weighted by atomic mass is 16.2. The smallest absolute Gasteiger partial charge is 0.253 e. The molecule has 0 bridgehead atoms. The number of rotatable bonds is 2. The second-order valence-electron chi connectivity index (χ2n) is 6.88. The van der Waals surface area contributed by atoms with Crippen molar-refractivity contribution in [3.05, 3.63) is 34.9 Å². The number of hydrogen-bond acceptors (Lipinski definition) is 3. The second-order valence-corrected chi connectivity index (χ2v) is 6.88. The van der Waals surface area contributed by atoms with Crippen LogP contribution in [0.2, 0.25) is 0 Å². The zero-order valence-electron chi connectivity index (χ0n) is 13.2. The fourth-order valence-corrected chi connectivity index (χ4v) is 4.15. The highest BCUT2D eigenvalue weighted by molar-refractivity contribution is 5.94. The lowest BCUT2D eigenvalue weighted by Gasteiger charge is -2.37. The fourth-order valence-electron chi connectivity index (χ4n) is 4.15. The molecule has 1 atom stereocenters. The molecular formula is C18H25N3O. The molecule has 118 valence electrons. The highest BCUT2D eigenvalue weighted by Gasteiger charge is 2.29. The summed E-state index contributed by atoms with van der Waals surface area (Å²) in [7, 11) is 0. The minimum Gasteiger partial charge on any atom is -0.337 e. The normalized spacial score (nSPS) is 25.5. The Morgan fingerprint density at radius 2 is 1.86 bits per heavy atom. The lowest BCUT2D eigenvalue weighted by Crippen LogP contribution is -2.49. The number of piperidine rings is 1. The molecule has 0 radical (unpaired) electrons. The zero-order chi connectivity index (χ0) is 14.9. The second kappa shape index (κ2) is 6.01. The molecule has 2 saturated heterocycles. The van der Waals surface area contributed by atoms with Gasteiger partial charge >= 0.3 is 0 Å². The van der Waals surface area contributed by atoms with E-state index in [9.17, 15) is 4.79 Å². The standard InChI is InChI=1S/C18H25N3O/c22-18(14-5-6-15-11-19-12-16(15)10-14)21-9-3-4-17(13-21)20-7-1-2-8-20/h5-6,10,17,19H,1-4,7-9,11-13H2. The van der Waals surface area contributed by atoms with Gasteiger partial charge in [0.25, 0.3) is 5.91 Å². The third kappa shape index (κ3) is 2.66. The van der Waals surface area contributed by atoms with E-state index in [1.165, 1.54) is 43.5 Å². The van der Waals surface area contributed by atoms with Crippen LogP contribution in [0.1, 0.15) is 47.2 Å². The Kier molecular flexibility index (Phi) is 3.89. The van der Waals surface area contributed by atoms with E-state index >= 15 is 0 Å². The molecule has 3 heterocycles. The summed E-state index contributed by atoms with van der Waals surface area (Å²) in [5, 5.41) is 3.35. The van der Waals surface area contributed by atoms with Crippen molar-refractivity contribution in [2.45, 2.75) is 44.8 Å². The van der Waals surface area contributed by atoms with Gasteiger partial charge in [-0.3, -0.25) is 9.69 Å². The number of hydrogen-bond donors (Lipinski definition) is 1. The molecule has 1 aromatic rings. The Bertz CT molecular complexity index is 565. The SMILES string of the molecule is O=C(c1ccc2c(c1)CNC2)N1CCCC(N2CCCC2)C1. The first-order valence-electron chi connectivity index (χ1n) is 8.67. The van der Waals surface area contributed by atoms with Crippen molar-refractivity contribution in [1.82, 2.24) is 15.1 Å². The number of likely N-dealkylation sites (tertiary alicyclic amines) is 2. The monoisotopic (exact) mass is 299 g/mol. The number of nitrogens with zero attached hydrogens (tertiary/aromatic N) is 2. The van der Waals surface area contributed by atoms with E-state index in [0.717, 1.165) is 38.2 Å². The van der Waals surface area contributed by atoms with E-state index in [2.05, 4.69) is 27.2 Å². The minimum absolute atomic E-state index is 0.221. The largest absolute Gasteiger partial charge is 0.337 e. The Balaban J connectivity index is 1.47. The first-order chi connectivity index (χ1) is 10.8. The van der Waals surface area contributed by atoms with Gasteiger partial charge in [0.1, 0.15) is 0 Å². The Morgan fingerprint density at radius 1 is 1.05 bits per heavy atom. The summed E-state index contributed by atoms with van der Waals surface area (Å²) in [6.45, 7) is 6.10.